The lowest BCUT2D eigenvalue weighted by molar-refractivity contribution is 0.0298. The molecule has 1 saturated heterocycles. The van der Waals surface area contributed by atoms with Gasteiger partial charge in [-0.3, -0.25) is 9.48 Å². The zero-order chi connectivity index (χ0) is 15.7. The Balaban J connectivity index is 1.91. The quantitative estimate of drug-likeness (QED) is 0.854. The maximum Gasteiger partial charge on any atom is 0.274 e. The van der Waals surface area contributed by atoms with E-state index in [1.165, 1.54) is 11.1 Å². The third-order valence-electron chi connectivity index (χ3n) is 4.06. The van der Waals surface area contributed by atoms with E-state index in [2.05, 4.69) is 37.1 Å². The SMILES string of the molecule is Cc1ccc(-c2cc(C(=O)N3CCOCC3)nn2C)c(C)c1. The zero-order valence-electron chi connectivity index (χ0n) is 13.3. The number of hydrogen-bond donors (Lipinski definition) is 0. The summed E-state index contributed by atoms with van der Waals surface area (Å²) in [6.45, 7) is 6.62. The standard InChI is InChI=1S/C17H21N3O2/c1-12-4-5-14(13(2)10-12)16-11-15(18-19(16)3)17(21)20-6-8-22-9-7-20/h4-5,10-11H,6-9H2,1-3H3. The number of ether oxygens (including phenoxy) is 1. The highest BCUT2D eigenvalue weighted by molar-refractivity contribution is 5.93. The second-order valence-electron chi connectivity index (χ2n) is 5.76. The minimum absolute atomic E-state index is 0.0186. The first kappa shape index (κ1) is 14.8. The van der Waals surface area contributed by atoms with Crippen molar-refractivity contribution < 1.29 is 9.53 Å². The molecule has 1 fully saturated rings. The van der Waals surface area contributed by atoms with Crippen LogP contribution in [0.3, 0.4) is 0 Å². The van der Waals surface area contributed by atoms with Crippen LogP contribution >= 0.6 is 0 Å². The van der Waals surface area contributed by atoms with E-state index in [0.29, 0.717) is 32.0 Å². The highest BCUT2D eigenvalue weighted by Gasteiger charge is 2.22. The summed E-state index contributed by atoms with van der Waals surface area (Å²) in [5.41, 5.74) is 5.00. The van der Waals surface area contributed by atoms with Gasteiger partial charge in [0.1, 0.15) is 0 Å². The van der Waals surface area contributed by atoms with Crippen LogP contribution in [0.25, 0.3) is 11.3 Å². The fraction of sp³-hybridized carbons (Fsp3) is 0.412. The molecule has 22 heavy (non-hydrogen) atoms. The van der Waals surface area contributed by atoms with Crippen LogP contribution in [-0.4, -0.2) is 46.9 Å². The van der Waals surface area contributed by atoms with Crippen molar-refractivity contribution in [2.24, 2.45) is 7.05 Å². The van der Waals surface area contributed by atoms with Crippen molar-refractivity contribution in [2.75, 3.05) is 26.3 Å². The van der Waals surface area contributed by atoms with Crippen molar-refractivity contribution in [3.63, 3.8) is 0 Å². The van der Waals surface area contributed by atoms with Crippen molar-refractivity contribution >= 4 is 5.91 Å². The van der Waals surface area contributed by atoms with E-state index in [1.807, 2.05) is 13.1 Å². The Kier molecular flexibility index (Phi) is 3.98. The van der Waals surface area contributed by atoms with Gasteiger partial charge in [-0.15, -0.1) is 0 Å². The van der Waals surface area contributed by atoms with Crippen molar-refractivity contribution in [3.8, 4) is 11.3 Å². The van der Waals surface area contributed by atoms with Gasteiger partial charge in [0, 0.05) is 25.7 Å². The molecule has 0 N–H and O–H groups in total. The van der Waals surface area contributed by atoms with Gasteiger partial charge in [0.15, 0.2) is 5.69 Å². The summed E-state index contributed by atoms with van der Waals surface area (Å²) in [7, 11) is 1.88. The highest BCUT2D eigenvalue weighted by Crippen LogP contribution is 2.25. The lowest BCUT2D eigenvalue weighted by Gasteiger charge is -2.25. The summed E-state index contributed by atoms with van der Waals surface area (Å²) >= 11 is 0. The monoisotopic (exact) mass is 299 g/mol. The molecule has 0 atom stereocenters. The second-order valence-corrected chi connectivity index (χ2v) is 5.76. The molecule has 3 rings (SSSR count). The number of carbonyl (C=O) groups excluding carboxylic acids is 1. The van der Waals surface area contributed by atoms with E-state index >= 15 is 0 Å². The average Bonchev–Trinajstić information content (AvgIpc) is 2.89. The largest absolute Gasteiger partial charge is 0.378 e. The molecular weight excluding hydrogens is 278 g/mol. The molecule has 0 aliphatic carbocycles. The molecule has 1 aliphatic rings. The van der Waals surface area contributed by atoms with E-state index in [0.717, 1.165) is 11.3 Å². The molecule has 1 aliphatic heterocycles. The van der Waals surface area contributed by atoms with Crippen LogP contribution in [0.2, 0.25) is 0 Å². The van der Waals surface area contributed by atoms with Gasteiger partial charge in [-0.05, 0) is 25.5 Å². The Morgan fingerprint density at radius 2 is 1.91 bits per heavy atom. The van der Waals surface area contributed by atoms with E-state index < -0.39 is 0 Å². The number of morpholine rings is 1. The van der Waals surface area contributed by atoms with Gasteiger partial charge >= 0.3 is 0 Å². The first-order valence-corrected chi connectivity index (χ1v) is 7.55. The molecule has 0 unspecified atom stereocenters. The summed E-state index contributed by atoms with van der Waals surface area (Å²) in [4.78, 5) is 14.3. The number of hydrogen-bond acceptors (Lipinski definition) is 3. The van der Waals surface area contributed by atoms with Gasteiger partial charge in [0.25, 0.3) is 5.91 Å². The summed E-state index contributed by atoms with van der Waals surface area (Å²) in [5.74, 6) is -0.0186. The number of amides is 1. The molecule has 0 radical (unpaired) electrons. The van der Waals surface area contributed by atoms with Crippen molar-refractivity contribution in [1.29, 1.82) is 0 Å². The fourth-order valence-electron chi connectivity index (χ4n) is 2.85. The van der Waals surface area contributed by atoms with Gasteiger partial charge in [-0.2, -0.15) is 5.10 Å². The molecular formula is C17H21N3O2. The Labute approximate surface area is 130 Å². The lowest BCUT2D eigenvalue weighted by Crippen LogP contribution is -2.40. The molecule has 5 heteroatoms. The Morgan fingerprint density at radius 1 is 1.18 bits per heavy atom. The minimum atomic E-state index is -0.0186. The number of rotatable bonds is 2. The van der Waals surface area contributed by atoms with Gasteiger partial charge in [0.2, 0.25) is 0 Å². The van der Waals surface area contributed by atoms with E-state index in [1.54, 1.807) is 9.58 Å². The third kappa shape index (κ3) is 2.76. The predicted octanol–water partition coefficient (Wildman–Crippen LogP) is 2.18. The van der Waals surface area contributed by atoms with E-state index in [9.17, 15) is 4.79 Å². The van der Waals surface area contributed by atoms with Gasteiger partial charge in [-0.25, -0.2) is 0 Å². The molecule has 0 bridgehead atoms. The van der Waals surface area contributed by atoms with Crippen LogP contribution in [0.1, 0.15) is 21.6 Å². The van der Waals surface area contributed by atoms with E-state index in [-0.39, 0.29) is 5.91 Å². The summed E-state index contributed by atoms with van der Waals surface area (Å²) in [5, 5.41) is 4.41. The number of carbonyl (C=O) groups is 1. The number of benzene rings is 1. The molecule has 0 saturated carbocycles. The summed E-state index contributed by atoms with van der Waals surface area (Å²) in [6, 6.07) is 8.20. The van der Waals surface area contributed by atoms with E-state index in [4.69, 9.17) is 4.74 Å². The summed E-state index contributed by atoms with van der Waals surface area (Å²) in [6.07, 6.45) is 0. The van der Waals surface area contributed by atoms with Crippen LogP contribution in [0.5, 0.6) is 0 Å². The molecule has 116 valence electrons. The van der Waals surface area contributed by atoms with Crippen LogP contribution in [0.4, 0.5) is 0 Å². The molecule has 1 amide bonds. The van der Waals surface area contributed by atoms with Gasteiger partial charge in [0.05, 0.1) is 18.9 Å². The predicted molar refractivity (Wildman–Crippen MR) is 84.8 cm³/mol. The fourth-order valence-corrected chi connectivity index (χ4v) is 2.85. The maximum absolute atomic E-state index is 12.5. The maximum atomic E-state index is 12.5. The topological polar surface area (TPSA) is 47.4 Å². The molecule has 1 aromatic heterocycles. The molecule has 0 spiro atoms. The smallest absolute Gasteiger partial charge is 0.274 e. The Morgan fingerprint density at radius 3 is 2.59 bits per heavy atom. The van der Waals surface area contributed by atoms with Gasteiger partial charge < -0.3 is 9.64 Å². The van der Waals surface area contributed by atoms with Crippen LogP contribution < -0.4 is 0 Å². The first-order valence-electron chi connectivity index (χ1n) is 7.55. The molecule has 2 aromatic rings. The van der Waals surface area contributed by atoms with Crippen molar-refractivity contribution in [1.82, 2.24) is 14.7 Å². The normalized spacial score (nSPS) is 15.1. The van der Waals surface area contributed by atoms with Crippen molar-refractivity contribution in [3.05, 3.63) is 41.1 Å². The van der Waals surface area contributed by atoms with Crippen LogP contribution in [-0.2, 0) is 11.8 Å². The zero-order valence-corrected chi connectivity index (χ0v) is 13.3. The molecule has 1 aromatic carbocycles. The highest BCUT2D eigenvalue weighted by atomic mass is 16.5. The number of aryl methyl sites for hydroxylation is 3. The molecule has 5 nitrogen and oxygen atoms in total. The third-order valence-corrected chi connectivity index (χ3v) is 4.06. The lowest BCUT2D eigenvalue weighted by atomic mass is 10.0. The Bertz CT molecular complexity index is 700. The van der Waals surface area contributed by atoms with Crippen molar-refractivity contribution in [2.45, 2.75) is 13.8 Å². The number of aromatic nitrogens is 2. The molecule has 2 heterocycles. The number of nitrogens with zero attached hydrogens (tertiary/aromatic N) is 3. The van der Waals surface area contributed by atoms with Gasteiger partial charge in [-0.1, -0.05) is 23.8 Å². The Hall–Kier alpha value is -2.14. The average molecular weight is 299 g/mol. The van der Waals surface area contributed by atoms with Crippen LogP contribution in [0.15, 0.2) is 24.3 Å². The summed E-state index contributed by atoms with van der Waals surface area (Å²) < 4.78 is 7.07. The minimum Gasteiger partial charge on any atom is -0.378 e. The first-order chi connectivity index (χ1) is 10.6. The van der Waals surface area contributed by atoms with Crippen LogP contribution in [0, 0.1) is 13.8 Å². The second kappa shape index (κ2) is 5.93.